The van der Waals surface area contributed by atoms with Crippen LogP contribution in [-0.4, -0.2) is 23.8 Å². The minimum Gasteiger partial charge on any atom is -0.463 e. The number of carbonyl (C=O) groups excluding carboxylic acids is 2. The molecule has 2 aromatic heterocycles. The molecule has 0 spiro atoms. The van der Waals surface area contributed by atoms with Crippen LogP contribution >= 0.6 is 0 Å². The first-order chi connectivity index (χ1) is 12.1. The molecular weight excluding hydrogens is 318 g/mol. The fourth-order valence-electron chi connectivity index (χ4n) is 2.44. The Morgan fingerprint density at radius 2 is 1.88 bits per heavy atom. The Morgan fingerprint density at radius 1 is 1.04 bits per heavy atom. The molecule has 2 amide bonds. The molecule has 0 aliphatic heterocycles. The van der Waals surface area contributed by atoms with E-state index in [2.05, 4.69) is 15.6 Å². The van der Waals surface area contributed by atoms with Crippen molar-refractivity contribution in [3.05, 3.63) is 71.6 Å². The maximum atomic E-state index is 12.5. The first-order valence-electron chi connectivity index (χ1n) is 7.73. The minimum absolute atomic E-state index is 0.211. The van der Waals surface area contributed by atoms with Crippen molar-refractivity contribution in [1.29, 1.82) is 0 Å². The maximum absolute atomic E-state index is 12.5. The fourth-order valence-corrected chi connectivity index (χ4v) is 2.44. The molecule has 0 saturated heterocycles. The van der Waals surface area contributed by atoms with E-state index in [4.69, 9.17) is 4.42 Å². The molecule has 1 aromatic carbocycles. The SMILES string of the molecule is CNC(=O)c1cccc(NC(=O)c2ccc(-c3ccco3)nc2C)c1. The Hall–Kier alpha value is -3.41. The average Bonchev–Trinajstić information content (AvgIpc) is 3.15. The van der Waals surface area contributed by atoms with Gasteiger partial charge < -0.3 is 15.1 Å². The molecule has 2 N–H and O–H groups in total. The van der Waals surface area contributed by atoms with Gasteiger partial charge in [0.05, 0.1) is 17.5 Å². The quantitative estimate of drug-likeness (QED) is 0.766. The molecule has 3 aromatic rings. The summed E-state index contributed by atoms with van der Waals surface area (Å²) >= 11 is 0. The molecule has 0 saturated carbocycles. The molecule has 6 nitrogen and oxygen atoms in total. The van der Waals surface area contributed by atoms with Gasteiger partial charge in [-0.1, -0.05) is 6.07 Å². The average molecular weight is 335 g/mol. The predicted molar refractivity (Wildman–Crippen MR) is 94.5 cm³/mol. The zero-order valence-corrected chi connectivity index (χ0v) is 13.9. The number of furan rings is 1. The largest absolute Gasteiger partial charge is 0.463 e. The summed E-state index contributed by atoms with van der Waals surface area (Å²) in [7, 11) is 1.56. The first-order valence-corrected chi connectivity index (χ1v) is 7.73. The van der Waals surface area contributed by atoms with Gasteiger partial charge in [0.1, 0.15) is 5.69 Å². The van der Waals surface area contributed by atoms with E-state index in [1.165, 1.54) is 0 Å². The van der Waals surface area contributed by atoms with Crippen molar-refractivity contribution >= 4 is 17.5 Å². The molecule has 0 bridgehead atoms. The second-order valence-corrected chi connectivity index (χ2v) is 5.42. The van der Waals surface area contributed by atoms with Gasteiger partial charge in [-0.15, -0.1) is 0 Å². The van der Waals surface area contributed by atoms with Gasteiger partial charge in [0.25, 0.3) is 11.8 Å². The van der Waals surface area contributed by atoms with Crippen molar-refractivity contribution in [2.75, 3.05) is 12.4 Å². The van der Waals surface area contributed by atoms with E-state index < -0.39 is 0 Å². The number of nitrogens with one attached hydrogen (secondary N) is 2. The van der Waals surface area contributed by atoms with Crippen molar-refractivity contribution in [3.8, 4) is 11.5 Å². The summed E-state index contributed by atoms with van der Waals surface area (Å²) in [5.41, 5.74) is 2.74. The Balaban J connectivity index is 1.81. The first kappa shape index (κ1) is 16.4. The molecule has 0 radical (unpaired) electrons. The van der Waals surface area contributed by atoms with Gasteiger partial charge in [0.15, 0.2) is 5.76 Å². The number of benzene rings is 1. The van der Waals surface area contributed by atoms with Gasteiger partial charge in [-0.3, -0.25) is 9.59 Å². The van der Waals surface area contributed by atoms with Crippen LogP contribution in [0.5, 0.6) is 0 Å². The van der Waals surface area contributed by atoms with E-state index in [-0.39, 0.29) is 11.8 Å². The van der Waals surface area contributed by atoms with E-state index in [1.54, 1.807) is 62.7 Å². The second-order valence-electron chi connectivity index (χ2n) is 5.42. The third kappa shape index (κ3) is 3.58. The van der Waals surface area contributed by atoms with Gasteiger partial charge in [-0.2, -0.15) is 0 Å². The Bertz CT molecular complexity index is 917. The second kappa shape index (κ2) is 7.00. The van der Waals surface area contributed by atoms with Crippen LogP contribution in [0.15, 0.2) is 59.2 Å². The van der Waals surface area contributed by atoms with Gasteiger partial charge in [0, 0.05) is 18.3 Å². The molecule has 2 heterocycles. The standard InChI is InChI=1S/C19H17N3O3/c1-12-15(8-9-16(21-12)17-7-4-10-25-17)19(24)22-14-6-3-5-13(11-14)18(23)20-2/h3-11H,1-2H3,(H,20,23)(H,22,24). The lowest BCUT2D eigenvalue weighted by Gasteiger charge is -2.09. The number of amides is 2. The molecule has 25 heavy (non-hydrogen) atoms. The molecule has 0 aliphatic rings. The predicted octanol–water partition coefficient (Wildman–Crippen LogP) is 3.26. The van der Waals surface area contributed by atoms with Crippen LogP contribution in [0.4, 0.5) is 5.69 Å². The molecule has 0 fully saturated rings. The molecule has 6 heteroatoms. The third-order valence-corrected chi connectivity index (χ3v) is 3.71. The van der Waals surface area contributed by atoms with E-state index >= 15 is 0 Å². The number of hydrogen-bond donors (Lipinski definition) is 2. The third-order valence-electron chi connectivity index (χ3n) is 3.71. The fraction of sp³-hybridized carbons (Fsp3) is 0.105. The van der Waals surface area contributed by atoms with Gasteiger partial charge in [-0.05, 0) is 49.4 Å². The monoisotopic (exact) mass is 335 g/mol. The van der Waals surface area contributed by atoms with Crippen molar-refractivity contribution < 1.29 is 14.0 Å². The number of pyridine rings is 1. The van der Waals surface area contributed by atoms with Crippen LogP contribution in [-0.2, 0) is 0 Å². The number of nitrogens with zero attached hydrogens (tertiary/aromatic N) is 1. The smallest absolute Gasteiger partial charge is 0.257 e. The van der Waals surface area contributed by atoms with Gasteiger partial charge in [0.2, 0.25) is 0 Å². The van der Waals surface area contributed by atoms with Gasteiger partial charge in [-0.25, -0.2) is 4.98 Å². The van der Waals surface area contributed by atoms with Crippen LogP contribution in [0.2, 0.25) is 0 Å². The van der Waals surface area contributed by atoms with Crippen molar-refractivity contribution in [2.45, 2.75) is 6.92 Å². The highest BCUT2D eigenvalue weighted by Crippen LogP contribution is 2.20. The Labute approximate surface area is 144 Å². The van der Waals surface area contributed by atoms with Crippen LogP contribution in [0.3, 0.4) is 0 Å². The van der Waals surface area contributed by atoms with Gasteiger partial charge >= 0.3 is 0 Å². The molecule has 3 rings (SSSR count). The summed E-state index contributed by atoms with van der Waals surface area (Å²) in [6.45, 7) is 1.77. The Kier molecular flexibility index (Phi) is 4.61. The maximum Gasteiger partial charge on any atom is 0.257 e. The number of anilines is 1. The lowest BCUT2D eigenvalue weighted by atomic mass is 10.1. The number of carbonyl (C=O) groups is 2. The van der Waals surface area contributed by atoms with Crippen LogP contribution < -0.4 is 10.6 Å². The van der Waals surface area contributed by atoms with Crippen molar-refractivity contribution in [2.24, 2.45) is 0 Å². The number of aryl methyl sites for hydroxylation is 1. The lowest BCUT2D eigenvalue weighted by molar-refractivity contribution is 0.0961. The van der Waals surface area contributed by atoms with E-state index in [9.17, 15) is 9.59 Å². The van der Waals surface area contributed by atoms with Crippen LogP contribution in [0, 0.1) is 6.92 Å². The van der Waals surface area contributed by atoms with Crippen molar-refractivity contribution in [3.63, 3.8) is 0 Å². The van der Waals surface area contributed by atoms with E-state index in [1.807, 2.05) is 6.07 Å². The van der Waals surface area contributed by atoms with Crippen LogP contribution in [0.1, 0.15) is 26.4 Å². The topological polar surface area (TPSA) is 84.2 Å². The summed E-state index contributed by atoms with van der Waals surface area (Å²) < 4.78 is 5.32. The molecule has 0 aliphatic carbocycles. The summed E-state index contributed by atoms with van der Waals surface area (Å²) in [5.74, 6) is 0.148. The molecule has 126 valence electrons. The number of aromatic nitrogens is 1. The zero-order valence-electron chi connectivity index (χ0n) is 13.9. The highest BCUT2D eigenvalue weighted by Gasteiger charge is 2.13. The molecule has 0 atom stereocenters. The van der Waals surface area contributed by atoms with E-state index in [0.717, 1.165) is 0 Å². The highest BCUT2D eigenvalue weighted by molar-refractivity contribution is 6.05. The summed E-state index contributed by atoms with van der Waals surface area (Å²) in [4.78, 5) is 28.6. The number of rotatable bonds is 4. The molecule has 0 unspecified atom stereocenters. The van der Waals surface area contributed by atoms with E-state index in [0.29, 0.717) is 34.0 Å². The van der Waals surface area contributed by atoms with Crippen molar-refractivity contribution in [1.82, 2.24) is 10.3 Å². The summed E-state index contributed by atoms with van der Waals surface area (Å²) in [6.07, 6.45) is 1.58. The normalized spacial score (nSPS) is 10.3. The lowest BCUT2D eigenvalue weighted by Crippen LogP contribution is -2.18. The highest BCUT2D eigenvalue weighted by atomic mass is 16.3. The number of hydrogen-bond acceptors (Lipinski definition) is 4. The minimum atomic E-state index is -0.287. The zero-order chi connectivity index (χ0) is 17.8. The summed E-state index contributed by atoms with van der Waals surface area (Å²) in [6, 6.07) is 13.8. The summed E-state index contributed by atoms with van der Waals surface area (Å²) in [5, 5.41) is 5.34. The van der Waals surface area contributed by atoms with Crippen LogP contribution in [0.25, 0.3) is 11.5 Å². The molecular formula is C19H17N3O3. The Morgan fingerprint density at radius 3 is 2.56 bits per heavy atom.